The van der Waals surface area contributed by atoms with Crippen LogP contribution in [0.15, 0.2) is 18.3 Å². The number of aromatic nitrogens is 1. The van der Waals surface area contributed by atoms with Gasteiger partial charge in [0.2, 0.25) is 0 Å². The average molecular weight is 243 g/mol. The Kier molecular flexibility index (Phi) is 4.72. The second-order valence-electron chi connectivity index (χ2n) is 5.36. The fourth-order valence-corrected chi connectivity index (χ4v) is 2.82. The number of nitriles is 1. The van der Waals surface area contributed by atoms with Crippen molar-refractivity contribution in [1.82, 2.24) is 9.88 Å². The summed E-state index contributed by atoms with van der Waals surface area (Å²) in [5.74, 6) is 0.862. The molecule has 0 aliphatic heterocycles. The fraction of sp³-hybridized carbons (Fsp3) is 0.600. The third-order valence-electron chi connectivity index (χ3n) is 3.69. The molecule has 18 heavy (non-hydrogen) atoms. The molecular formula is C15H21N3. The van der Waals surface area contributed by atoms with Gasteiger partial charge in [-0.15, -0.1) is 0 Å². The second kappa shape index (κ2) is 6.51. The van der Waals surface area contributed by atoms with Crippen molar-refractivity contribution in [3.8, 4) is 6.07 Å². The van der Waals surface area contributed by atoms with E-state index < -0.39 is 0 Å². The zero-order valence-corrected chi connectivity index (χ0v) is 11.1. The third kappa shape index (κ3) is 3.82. The van der Waals surface area contributed by atoms with Crippen LogP contribution in [0.25, 0.3) is 0 Å². The number of pyridine rings is 1. The molecule has 1 aromatic heterocycles. The Hall–Kier alpha value is -1.40. The molecule has 1 saturated carbocycles. The van der Waals surface area contributed by atoms with Gasteiger partial charge in [0.05, 0.1) is 0 Å². The van der Waals surface area contributed by atoms with E-state index in [0.29, 0.717) is 5.69 Å². The summed E-state index contributed by atoms with van der Waals surface area (Å²) in [6.07, 6.45) is 8.69. The zero-order chi connectivity index (χ0) is 12.8. The minimum atomic E-state index is 0.513. The van der Waals surface area contributed by atoms with Gasteiger partial charge < -0.3 is 4.90 Å². The maximum Gasteiger partial charge on any atom is 0.140 e. The van der Waals surface area contributed by atoms with Gasteiger partial charge in [-0.3, -0.25) is 0 Å². The van der Waals surface area contributed by atoms with Crippen LogP contribution < -0.4 is 0 Å². The van der Waals surface area contributed by atoms with Crippen LogP contribution in [-0.4, -0.2) is 23.5 Å². The molecule has 0 bridgehead atoms. The Labute approximate surface area is 109 Å². The van der Waals surface area contributed by atoms with E-state index in [-0.39, 0.29) is 0 Å². The Bertz CT molecular complexity index is 416. The number of rotatable bonds is 4. The van der Waals surface area contributed by atoms with Gasteiger partial charge in [0.1, 0.15) is 11.8 Å². The minimum Gasteiger partial charge on any atom is -0.302 e. The first-order chi connectivity index (χ1) is 8.78. The van der Waals surface area contributed by atoms with Crippen molar-refractivity contribution < 1.29 is 0 Å². The highest BCUT2D eigenvalue weighted by atomic mass is 15.1. The monoisotopic (exact) mass is 243 g/mol. The Balaban J connectivity index is 1.86. The van der Waals surface area contributed by atoms with Crippen molar-refractivity contribution in [2.24, 2.45) is 5.92 Å². The van der Waals surface area contributed by atoms with Crippen LogP contribution in [0.1, 0.15) is 43.4 Å². The summed E-state index contributed by atoms with van der Waals surface area (Å²) in [5.41, 5.74) is 1.69. The number of hydrogen-bond acceptors (Lipinski definition) is 3. The molecule has 1 fully saturated rings. The van der Waals surface area contributed by atoms with E-state index >= 15 is 0 Å². The van der Waals surface area contributed by atoms with Gasteiger partial charge in [0.25, 0.3) is 0 Å². The molecule has 3 nitrogen and oxygen atoms in total. The minimum absolute atomic E-state index is 0.513. The van der Waals surface area contributed by atoms with E-state index in [2.05, 4.69) is 23.0 Å². The molecule has 96 valence electrons. The van der Waals surface area contributed by atoms with E-state index in [1.807, 2.05) is 12.1 Å². The van der Waals surface area contributed by atoms with Gasteiger partial charge >= 0.3 is 0 Å². The standard InChI is InChI=1S/C15H21N3/c1-18(11-13-5-3-2-4-6-13)12-14-7-8-17-15(9-14)10-16/h7-9,13H,2-6,11-12H2,1H3. The lowest BCUT2D eigenvalue weighted by Gasteiger charge is -2.27. The molecule has 1 aliphatic carbocycles. The van der Waals surface area contributed by atoms with E-state index in [1.165, 1.54) is 44.2 Å². The molecule has 0 amide bonds. The van der Waals surface area contributed by atoms with E-state index in [1.54, 1.807) is 6.20 Å². The largest absolute Gasteiger partial charge is 0.302 e. The van der Waals surface area contributed by atoms with Crippen molar-refractivity contribution in [3.05, 3.63) is 29.6 Å². The van der Waals surface area contributed by atoms with Crippen LogP contribution in [0.3, 0.4) is 0 Å². The van der Waals surface area contributed by atoms with Gasteiger partial charge in [0.15, 0.2) is 0 Å². The zero-order valence-electron chi connectivity index (χ0n) is 11.1. The molecule has 0 aromatic carbocycles. The highest BCUT2D eigenvalue weighted by Gasteiger charge is 2.15. The predicted octanol–water partition coefficient (Wildman–Crippen LogP) is 2.97. The molecule has 0 radical (unpaired) electrons. The van der Waals surface area contributed by atoms with Gasteiger partial charge in [0, 0.05) is 19.3 Å². The molecule has 0 saturated heterocycles. The maximum atomic E-state index is 8.83. The molecule has 1 heterocycles. The fourth-order valence-electron chi connectivity index (χ4n) is 2.82. The predicted molar refractivity (Wildman–Crippen MR) is 71.9 cm³/mol. The maximum absolute atomic E-state index is 8.83. The number of hydrogen-bond donors (Lipinski definition) is 0. The summed E-state index contributed by atoms with van der Waals surface area (Å²) in [7, 11) is 2.17. The van der Waals surface area contributed by atoms with Crippen LogP contribution in [0.5, 0.6) is 0 Å². The summed E-state index contributed by atoms with van der Waals surface area (Å²) >= 11 is 0. The van der Waals surface area contributed by atoms with Crippen molar-refractivity contribution in [3.63, 3.8) is 0 Å². The third-order valence-corrected chi connectivity index (χ3v) is 3.69. The summed E-state index contributed by atoms with van der Waals surface area (Å²) in [6.45, 7) is 2.08. The molecule has 1 aliphatic rings. The van der Waals surface area contributed by atoms with E-state index in [9.17, 15) is 0 Å². The van der Waals surface area contributed by atoms with Crippen LogP contribution in [0, 0.1) is 17.2 Å². The first-order valence-electron chi connectivity index (χ1n) is 6.81. The molecule has 3 heteroatoms. The lowest BCUT2D eigenvalue weighted by molar-refractivity contribution is 0.228. The van der Waals surface area contributed by atoms with Gasteiger partial charge in [-0.2, -0.15) is 5.26 Å². The smallest absolute Gasteiger partial charge is 0.140 e. The molecular weight excluding hydrogens is 222 g/mol. The molecule has 0 atom stereocenters. The molecule has 0 unspecified atom stereocenters. The second-order valence-corrected chi connectivity index (χ2v) is 5.36. The first-order valence-corrected chi connectivity index (χ1v) is 6.81. The van der Waals surface area contributed by atoms with Crippen LogP contribution in [0.2, 0.25) is 0 Å². The Morgan fingerprint density at radius 2 is 2.17 bits per heavy atom. The lowest BCUT2D eigenvalue weighted by atomic mass is 9.89. The van der Waals surface area contributed by atoms with Gasteiger partial charge in [-0.1, -0.05) is 19.3 Å². The summed E-state index contributed by atoms with van der Waals surface area (Å²) in [4.78, 5) is 6.37. The molecule has 0 spiro atoms. The SMILES string of the molecule is CN(Cc1ccnc(C#N)c1)CC1CCCCC1. The van der Waals surface area contributed by atoms with Crippen molar-refractivity contribution in [2.45, 2.75) is 38.6 Å². The molecule has 1 aromatic rings. The van der Waals surface area contributed by atoms with Crippen molar-refractivity contribution in [1.29, 1.82) is 5.26 Å². The van der Waals surface area contributed by atoms with Gasteiger partial charge in [-0.25, -0.2) is 4.98 Å². The van der Waals surface area contributed by atoms with E-state index in [4.69, 9.17) is 5.26 Å². The molecule has 2 rings (SSSR count). The summed E-state index contributed by atoms with van der Waals surface area (Å²) in [6, 6.07) is 5.98. The Morgan fingerprint density at radius 1 is 1.39 bits per heavy atom. The summed E-state index contributed by atoms with van der Waals surface area (Å²) in [5, 5.41) is 8.83. The lowest BCUT2D eigenvalue weighted by Crippen LogP contribution is -2.26. The van der Waals surface area contributed by atoms with E-state index in [0.717, 1.165) is 12.5 Å². The molecule has 0 N–H and O–H groups in total. The summed E-state index contributed by atoms with van der Waals surface area (Å²) < 4.78 is 0. The van der Waals surface area contributed by atoms with Crippen LogP contribution in [-0.2, 0) is 6.54 Å². The van der Waals surface area contributed by atoms with Gasteiger partial charge in [-0.05, 0) is 43.5 Å². The average Bonchev–Trinajstić information content (AvgIpc) is 2.40. The Morgan fingerprint density at radius 3 is 2.89 bits per heavy atom. The topological polar surface area (TPSA) is 39.9 Å². The highest BCUT2D eigenvalue weighted by molar-refractivity contribution is 5.25. The van der Waals surface area contributed by atoms with Crippen molar-refractivity contribution >= 4 is 0 Å². The first kappa shape index (κ1) is 13.0. The van der Waals surface area contributed by atoms with Crippen LogP contribution >= 0.6 is 0 Å². The number of nitrogens with zero attached hydrogens (tertiary/aromatic N) is 3. The highest BCUT2D eigenvalue weighted by Crippen LogP contribution is 2.24. The quantitative estimate of drug-likeness (QED) is 0.816. The normalized spacial score (nSPS) is 16.7. The van der Waals surface area contributed by atoms with Crippen LogP contribution in [0.4, 0.5) is 0 Å². The van der Waals surface area contributed by atoms with Crippen molar-refractivity contribution in [2.75, 3.05) is 13.6 Å².